The number of aryl methyl sites for hydroxylation is 1. The lowest BCUT2D eigenvalue weighted by atomic mass is 9.77. The van der Waals surface area contributed by atoms with Crippen molar-refractivity contribution in [1.82, 2.24) is 14.8 Å². The first-order valence-electron chi connectivity index (χ1n) is 12.7. The van der Waals surface area contributed by atoms with E-state index in [4.69, 9.17) is 9.47 Å². The number of halogens is 5. The van der Waals surface area contributed by atoms with Crippen molar-refractivity contribution in [3.63, 3.8) is 0 Å². The van der Waals surface area contributed by atoms with Gasteiger partial charge in [-0.25, -0.2) is 4.39 Å². The molecule has 0 radical (unpaired) electrons. The minimum atomic E-state index is -4.89. The molecule has 0 bridgehead atoms. The molecule has 8 nitrogen and oxygen atoms in total. The molecule has 2 fully saturated rings. The normalized spacial score (nSPS) is 25.6. The predicted molar refractivity (Wildman–Crippen MR) is 135 cm³/mol. The summed E-state index contributed by atoms with van der Waals surface area (Å²) < 4.78 is 81.6. The van der Waals surface area contributed by atoms with Crippen molar-refractivity contribution in [3.8, 4) is 5.75 Å². The van der Waals surface area contributed by atoms with Crippen LogP contribution in [0.4, 0.5) is 27.6 Å². The van der Waals surface area contributed by atoms with Crippen molar-refractivity contribution in [3.05, 3.63) is 52.9 Å². The molecule has 1 aromatic heterocycles. The van der Waals surface area contributed by atoms with E-state index in [1.165, 1.54) is 19.2 Å². The van der Waals surface area contributed by atoms with Gasteiger partial charge in [0.2, 0.25) is 5.82 Å². The van der Waals surface area contributed by atoms with E-state index in [0.717, 1.165) is 26.2 Å². The van der Waals surface area contributed by atoms with Crippen LogP contribution in [0.15, 0.2) is 24.4 Å². The van der Waals surface area contributed by atoms with E-state index in [-0.39, 0.29) is 22.9 Å². The minimum Gasteiger partial charge on any atom is -0.493 e. The van der Waals surface area contributed by atoms with Crippen LogP contribution in [0, 0.1) is 24.5 Å². The largest absolute Gasteiger partial charge is 0.493 e. The first-order valence-corrected chi connectivity index (χ1v) is 12.7. The zero-order valence-electron chi connectivity index (χ0n) is 22.7. The first-order chi connectivity index (χ1) is 18.7. The molecule has 4 rings (SSSR count). The van der Waals surface area contributed by atoms with Crippen LogP contribution in [-0.2, 0) is 9.53 Å². The number of aromatic nitrogens is 1. The Balaban J connectivity index is 1.68. The van der Waals surface area contributed by atoms with Gasteiger partial charge >= 0.3 is 6.18 Å². The highest BCUT2D eigenvalue weighted by Crippen LogP contribution is 2.55. The van der Waals surface area contributed by atoms with Crippen LogP contribution in [0.2, 0.25) is 0 Å². The fourth-order valence-corrected chi connectivity index (χ4v) is 5.19. The second kappa shape index (κ2) is 10.9. The maximum Gasteiger partial charge on any atom is 0.417 e. The number of carbonyl (C=O) groups is 2. The number of pyridine rings is 1. The molecule has 0 spiro atoms. The number of ether oxygens (including phenoxy) is 2. The summed E-state index contributed by atoms with van der Waals surface area (Å²) in [5.41, 5.74) is -2.25. The average molecular weight is 571 g/mol. The van der Waals surface area contributed by atoms with Gasteiger partial charge in [0, 0.05) is 55.5 Å². The number of likely N-dealkylation sites (N-methyl/N-ethyl adjacent to an activating group) is 1. The molecule has 2 aromatic rings. The second-order valence-corrected chi connectivity index (χ2v) is 10.4. The zero-order chi connectivity index (χ0) is 29.6. The smallest absolute Gasteiger partial charge is 0.417 e. The lowest BCUT2D eigenvalue weighted by Crippen LogP contribution is -2.47. The monoisotopic (exact) mass is 570 g/mol. The Bertz CT molecular complexity index is 1300. The van der Waals surface area contributed by atoms with Gasteiger partial charge in [0.15, 0.2) is 17.2 Å². The Morgan fingerprint density at radius 1 is 1.18 bits per heavy atom. The summed E-state index contributed by atoms with van der Waals surface area (Å²) in [5.74, 6) is -7.29. The maximum absolute atomic E-state index is 14.6. The van der Waals surface area contributed by atoms with Crippen molar-refractivity contribution < 1.29 is 41.0 Å². The van der Waals surface area contributed by atoms with E-state index in [0.29, 0.717) is 31.7 Å². The van der Waals surface area contributed by atoms with Crippen LogP contribution in [0.25, 0.3) is 0 Å². The fraction of sp³-hybridized carbons (Fsp3) is 0.519. The van der Waals surface area contributed by atoms with Crippen LogP contribution in [0.3, 0.4) is 0 Å². The predicted octanol–water partition coefficient (Wildman–Crippen LogP) is 4.14. The number of nitrogens with one attached hydrogen (secondary N) is 1. The molecule has 218 valence electrons. The average Bonchev–Trinajstić information content (AvgIpc) is 3.18. The van der Waals surface area contributed by atoms with Gasteiger partial charge in [-0.1, -0.05) is 13.0 Å². The number of anilines is 1. The summed E-state index contributed by atoms with van der Waals surface area (Å²) in [6.07, 6.45) is -5.27. The van der Waals surface area contributed by atoms with E-state index >= 15 is 0 Å². The number of carbonyl (C=O) groups excluding carboxylic acids is 2. The number of nitrogens with zero attached hydrogens (tertiary/aromatic N) is 3. The van der Waals surface area contributed by atoms with Gasteiger partial charge in [0.25, 0.3) is 11.8 Å². The fourth-order valence-electron chi connectivity index (χ4n) is 5.19. The highest BCUT2D eigenvalue weighted by molar-refractivity contribution is 5.98. The highest BCUT2D eigenvalue weighted by Gasteiger charge is 2.66. The molecule has 2 aliphatic heterocycles. The van der Waals surface area contributed by atoms with Crippen molar-refractivity contribution in [2.24, 2.45) is 5.92 Å². The number of hydrogen-bond donors (Lipinski definition) is 1. The van der Waals surface area contributed by atoms with E-state index in [9.17, 15) is 31.5 Å². The van der Waals surface area contributed by atoms with E-state index < -0.39 is 53.0 Å². The summed E-state index contributed by atoms with van der Waals surface area (Å²) in [6.45, 7) is 6.02. The number of methoxy groups -OCH3 is 1. The third kappa shape index (κ3) is 5.24. The van der Waals surface area contributed by atoms with Gasteiger partial charge in [0.1, 0.15) is 11.8 Å². The van der Waals surface area contributed by atoms with Gasteiger partial charge in [-0.05, 0) is 38.6 Å². The minimum absolute atomic E-state index is 0.0603. The molecule has 13 heteroatoms. The molecular formula is C27H31F5N4O4. The van der Waals surface area contributed by atoms with Crippen molar-refractivity contribution in [2.75, 3.05) is 45.7 Å². The van der Waals surface area contributed by atoms with Crippen molar-refractivity contribution >= 4 is 17.5 Å². The summed E-state index contributed by atoms with van der Waals surface area (Å²) >= 11 is 0. The molecule has 0 unspecified atom stereocenters. The molecule has 0 saturated carbocycles. The van der Waals surface area contributed by atoms with Gasteiger partial charge < -0.3 is 24.6 Å². The molecule has 0 aliphatic carbocycles. The van der Waals surface area contributed by atoms with Crippen LogP contribution in [0.1, 0.15) is 41.4 Å². The lowest BCUT2D eigenvalue weighted by molar-refractivity contribution is -0.272. The summed E-state index contributed by atoms with van der Waals surface area (Å²) in [4.78, 5) is 34.5. The Morgan fingerprint density at radius 2 is 1.82 bits per heavy atom. The first kappa shape index (κ1) is 29.7. The number of rotatable bonds is 5. The molecule has 4 atom stereocenters. The van der Waals surface area contributed by atoms with Gasteiger partial charge in [-0.15, -0.1) is 0 Å². The molecule has 1 N–H and O–H groups in total. The van der Waals surface area contributed by atoms with Crippen LogP contribution < -0.4 is 10.1 Å². The van der Waals surface area contributed by atoms with Crippen molar-refractivity contribution in [1.29, 1.82) is 0 Å². The lowest BCUT2D eigenvalue weighted by Gasteiger charge is -2.32. The van der Waals surface area contributed by atoms with Gasteiger partial charge in [-0.3, -0.25) is 14.6 Å². The highest BCUT2D eigenvalue weighted by atomic mass is 19.4. The van der Waals surface area contributed by atoms with Crippen LogP contribution in [0.5, 0.6) is 5.75 Å². The second-order valence-electron chi connectivity index (χ2n) is 10.4. The summed E-state index contributed by atoms with van der Waals surface area (Å²) in [7, 11) is 3.00. The van der Waals surface area contributed by atoms with Gasteiger partial charge in [0.05, 0.1) is 7.11 Å². The standard InChI is InChI=1S/C27H31F5N4O4/c1-14-13-33-19(25(38)36-10-8-35(4)9-11-36)12-18(14)34-24(37)23-20(15(2)26(3,40-23)27(30,31)32)16-6-7-17(28)21(29)22(16)39-5/h6-7,12-13,15,20,23H,8-11H2,1-5H3,(H,33,34,37)/t15-,20-,23+,26+/m0/s1. The Hall–Kier alpha value is -3.32. The Morgan fingerprint density at radius 3 is 2.42 bits per heavy atom. The molecule has 2 aliphatic rings. The molecule has 2 amide bonds. The summed E-state index contributed by atoms with van der Waals surface area (Å²) in [5, 5.41) is 2.57. The summed E-state index contributed by atoms with van der Waals surface area (Å²) in [6, 6.07) is 3.22. The molecule has 40 heavy (non-hydrogen) atoms. The number of piperazine rings is 1. The van der Waals surface area contributed by atoms with Gasteiger partial charge in [-0.2, -0.15) is 17.6 Å². The quantitative estimate of drug-likeness (QED) is 0.545. The number of amides is 2. The number of benzene rings is 1. The van der Waals surface area contributed by atoms with Crippen LogP contribution in [-0.4, -0.2) is 84.8 Å². The van der Waals surface area contributed by atoms with E-state index in [1.54, 1.807) is 11.8 Å². The van der Waals surface area contributed by atoms with E-state index in [2.05, 4.69) is 15.2 Å². The van der Waals surface area contributed by atoms with E-state index in [1.807, 2.05) is 7.05 Å². The zero-order valence-corrected chi connectivity index (χ0v) is 22.7. The number of hydrogen-bond acceptors (Lipinski definition) is 6. The molecule has 3 heterocycles. The third-order valence-electron chi connectivity index (χ3n) is 7.94. The van der Waals surface area contributed by atoms with Crippen LogP contribution >= 0.6 is 0 Å². The molecule has 2 saturated heterocycles. The van der Waals surface area contributed by atoms with Crippen molar-refractivity contribution in [2.45, 2.75) is 44.6 Å². The topological polar surface area (TPSA) is 84.0 Å². The SMILES string of the molecule is COc1c([C@H]2[C@H](C(=O)Nc3cc(C(=O)N4CCN(C)CC4)ncc3C)O[C@@](C)(C(F)(F)F)[C@H]2C)ccc(F)c1F. The maximum atomic E-state index is 14.6. The Kier molecular flexibility index (Phi) is 8.10. The number of alkyl halides is 3. The Labute approximate surface area is 228 Å². The third-order valence-corrected chi connectivity index (χ3v) is 7.94. The molecular weight excluding hydrogens is 539 g/mol. The molecule has 1 aromatic carbocycles.